The summed E-state index contributed by atoms with van der Waals surface area (Å²) < 4.78 is 1.42. The van der Waals surface area contributed by atoms with Gasteiger partial charge in [0.05, 0.1) is 12.1 Å². The van der Waals surface area contributed by atoms with Gasteiger partial charge in [0, 0.05) is 25.8 Å². The molecular weight excluding hydrogens is 428 g/mol. The molecule has 118 valence electrons. The normalized spacial score (nSPS) is 10.2. The number of hydrogen-bond donors (Lipinski definition) is 2. The van der Waals surface area contributed by atoms with Crippen LogP contribution < -0.4 is 11.1 Å². The average molecular weight is 440 g/mol. The molecule has 1 amide bonds. The van der Waals surface area contributed by atoms with E-state index in [2.05, 4.69) is 37.2 Å². The summed E-state index contributed by atoms with van der Waals surface area (Å²) in [5.41, 5.74) is 7.59. The number of hydrogen-bond acceptors (Lipinski definition) is 4. The van der Waals surface area contributed by atoms with Gasteiger partial charge >= 0.3 is 0 Å². The lowest BCUT2D eigenvalue weighted by atomic mass is 10.0. The lowest BCUT2D eigenvalue weighted by molar-refractivity contribution is -0.117. The minimum absolute atomic E-state index is 0.0322. The Hall–Kier alpha value is -1.99. The predicted molar refractivity (Wildman–Crippen MR) is 95.2 cm³/mol. The second kappa shape index (κ2) is 7.52. The minimum atomic E-state index is -0.519. The average Bonchev–Trinajstić information content (AvgIpc) is 2.50. The van der Waals surface area contributed by atoms with Crippen molar-refractivity contribution in [3.63, 3.8) is 0 Å². The standard InChI is InChI=1S/C16H12Br2N2O3/c17-12-1-2-14(10(4-12)7-21)20-16-9(6-15(19)23)3-13(18)5-11(16)8-22/h1-5,7-8,20H,6H2,(H2,19,23). The number of benzene rings is 2. The van der Waals surface area contributed by atoms with Crippen LogP contribution in [0.4, 0.5) is 11.4 Å². The Balaban J connectivity index is 2.55. The number of primary amides is 1. The van der Waals surface area contributed by atoms with E-state index in [-0.39, 0.29) is 6.42 Å². The fraction of sp³-hybridized carbons (Fsp3) is 0.0625. The number of aldehydes is 2. The molecule has 2 rings (SSSR count). The van der Waals surface area contributed by atoms with Gasteiger partial charge in [0.2, 0.25) is 5.91 Å². The smallest absolute Gasteiger partial charge is 0.221 e. The van der Waals surface area contributed by atoms with Crippen molar-refractivity contribution in [3.05, 3.63) is 56.0 Å². The van der Waals surface area contributed by atoms with Crippen LogP contribution in [0.2, 0.25) is 0 Å². The van der Waals surface area contributed by atoms with Gasteiger partial charge in [-0.25, -0.2) is 0 Å². The van der Waals surface area contributed by atoms with Gasteiger partial charge in [-0.1, -0.05) is 31.9 Å². The van der Waals surface area contributed by atoms with Crippen molar-refractivity contribution in [2.75, 3.05) is 5.32 Å². The Kier molecular flexibility index (Phi) is 5.68. The second-order valence-corrected chi connectivity index (χ2v) is 6.60. The van der Waals surface area contributed by atoms with E-state index in [0.29, 0.717) is 45.1 Å². The largest absolute Gasteiger partial charge is 0.369 e. The molecule has 5 nitrogen and oxygen atoms in total. The van der Waals surface area contributed by atoms with Gasteiger partial charge in [-0.2, -0.15) is 0 Å². The van der Waals surface area contributed by atoms with Crippen LogP contribution in [-0.2, 0) is 11.2 Å². The number of halogens is 2. The molecule has 0 atom stereocenters. The highest BCUT2D eigenvalue weighted by molar-refractivity contribution is 9.10. The summed E-state index contributed by atoms with van der Waals surface area (Å²) in [5.74, 6) is -0.519. The van der Waals surface area contributed by atoms with Crippen LogP contribution in [0.5, 0.6) is 0 Å². The third-order valence-corrected chi connectivity index (χ3v) is 4.06. The molecular formula is C16H12Br2N2O3. The van der Waals surface area contributed by atoms with Crippen LogP contribution in [-0.4, -0.2) is 18.5 Å². The van der Waals surface area contributed by atoms with Crippen molar-refractivity contribution in [3.8, 4) is 0 Å². The monoisotopic (exact) mass is 438 g/mol. The molecule has 0 aliphatic carbocycles. The summed E-state index contributed by atoms with van der Waals surface area (Å²) in [6.07, 6.45) is 1.35. The van der Waals surface area contributed by atoms with Gasteiger partial charge in [0.15, 0.2) is 12.6 Å². The van der Waals surface area contributed by atoms with Crippen molar-refractivity contribution in [2.24, 2.45) is 5.73 Å². The molecule has 2 aromatic carbocycles. The lowest BCUT2D eigenvalue weighted by Crippen LogP contribution is -2.15. The van der Waals surface area contributed by atoms with E-state index in [9.17, 15) is 14.4 Å². The fourth-order valence-electron chi connectivity index (χ4n) is 2.14. The quantitative estimate of drug-likeness (QED) is 0.672. The third-order valence-electron chi connectivity index (χ3n) is 3.11. The first kappa shape index (κ1) is 17.4. The Morgan fingerprint density at radius 2 is 1.70 bits per heavy atom. The number of carbonyl (C=O) groups excluding carboxylic acids is 3. The zero-order chi connectivity index (χ0) is 17.0. The Labute approximate surface area is 149 Å². The van der Waals surface area contributed by atoms with Gasteiger partial charge in [-0.15, -0.1) is 0 Å². The predicted octanol–water partition coefficient (Wildman–Crippen LogP) is 3.61. The van der Waals surface area contributed by atoms with E-state index in [4.69, 9.17) is 5.73 Å². The molecule has 3 N–H and O–H groups in total. The molecule has 0 unspecified atom stereocenters. The van der Waals surface area contributed by atoms with Crippen LogP contribution in [0, 0.1) is 0 Å². The first-order valence-electron chi connectivity index (χ1n) is 6.52. The minimum Gasteiger partial charge on any atom is -0.369 e. The number of anilines is 2. The molecule has 0 saturated carbocycles. The highest BCUT2D eigenvalue weighted by atomic mass is 79.9. The zero-order valence-electron chi connectivity index (χ0n) is 11.8. The molecule has 0 aliphatic heterocycles. The number of nitrogens with two attached hydrogens (primary N) is 1. The van der Waals surface area contributed by atoms with Crippen molar-refractivity contribution in [1.82, 2.24) is 0 Å². The molecule has 23 heavy (non-hydrogen) atoms. The molecule has 0 fully saturated rings. The lowest BCUT2D eigenvalue weighted by Gasteiger charge is -2.16. The SMILES string of the molecule is NC(=O)Cc1cc(Br)cc(C=O)c1Nc1ccc(Br)cc1C=O. The zero-order valence-corrected chi connectivity index (χ0v) is 15.0. The van der Waals surface area contributed by atoms with Gasteiger partial charge in [-0.3, -0.25) is 14.4 Å². The summed E-state index contributed by atoms with van der Waals surface area (Å²) in [7, 11) is 0. The van der Waals surface area contributed by atoms with Crippen molar-refractivity contribution >= 4 is 61.7 Å². The highest BCUT2D eigenvalue weighted by Gasteiger charge is 2.14. The second-order valence-electron chi connectivity index (χ2n) is 4.76. The summed E-state index contributed by atoms with van der Waals surface area (Å²) in [6, 6.07) is 8.46. The van der Waals surface area contributed by atoms with E-state index in [1.807, 2.05) is 0 Å². The van der Waals surface area contributed by atoms with Crippen LogP contribution >= 0.6 is 31.9 Å². The molecule has 7 heteroatoms. The molecule has 0 aliphatic rings. The number of amides is 1. The molecule has 0 heterocycles. The van der Waals surface area contributed by atoms with Crippen LogP contribution in [0.25, 0.3) is 0 Å². The molecule has 0 radical (unpaired) electrons. The summed E-state index contributed by atoms with van der Waals surface area (Å²) in [6.45, 7) is 0. The van der Waals surface area contributed by atoms with E-state index >= 15 is 0 Å². The maximum atomic E-state index is 11.4. The van der Waals surface area contributed by atoms with Crippen LogP contribution in [0.1, 0.15) is 26.3 Å². The van der Waals surface area contributed by atoms with E-state index in [0.717, 1.165) is 4.47 Å². The maximum Gasteiger partial charge on any atom is 0.221 e. The summed E-state index contributed by atoms with van der Waals surface area (Å²) >= 11 is 6.60. The Bertz CT molecular complexity index is 791. The molecule has 0 bridgehead atoms. The number of nitrogens with one attached hydrogen (secondary N) is 1. The van der Waals surface area contributed by atoms with Crippen molar-refractivity contribution in [1.29, 1.82) is 0 Å². The summed E-state index contributed by atoms with van der Waals surface area (Å²) in [5, 5.41) is 3.06. The van der Waals surface area contributed by atoms with Crippen molar-refractivity contribution < 1.29 is 14.4 Å². The molecule has 2 aromatic rings. The molecule has 0 spiro atoms. The molecule has 0 aromatic heterocycles. The first-order valence-corrected chi connectivity index (χ1v) is 8.11. The van der Waals surface area contributed by atoms with Crippen molar-refractivity contribution in [2.45, 2.75) is 6.42 Å². The van der Waals surface area contributed by atoms with E-state index in [1.54, 1.807) is 30.3 Å². The number of carbonyl (C=O) groups is 3. The van der Waals surface area contributed by atoms with Gasteiger partial charge < -0.3 is 11.1 Å². The van der Waals surface area contributed by atoms with E-state index in [1.165, 1.54) is 0 Å². The fourth-order valence-corrected chi connectivity index (χ4v) is 3.04. The Morgan fingerprint density at radius 3 is 2.30 bits per heavy atom. The third kappa shape index (κ3) is 4.27. The van der Waals surface area contributed by atoms with Gasteiger partial charge in [-0.05, 0) is 35.9 Å². The highest BCUT2D eigenvalue weighted by Crippen LogP contribution is 2.30. The van der Waals surface area contributed by atoms with Gasteiger partial charge in [0.1, 0.15) is 0 Å². The maximum absolute atomic E-state index is 11.4. The van der Waals surface area contributed by atoms with Crippen LogP contribution in [0.15, 0.2) is 39.3 Å². The first-order chi connectivity index (χ1) is 10.9. The topological polar surface area (TPSA) is 89.3 Å². The Morgan fingerprint density at radius 1 is 1.04 bits per heavy atom. The summed E-state index contributed by atoms with van der Waals surface area (Å²) in [4.78, 5) is 33.9. The van der Waals surface area contributed by atoms with Gasteiger partial charge in [0.25, 0.3) is 0 Å². The molecule has 0 saturated heterocycles. The number of rotatable bonds is 6. The van der Waals surface area contributed by atoms with Crippen LogP contribution in [0.3, 0.4) is 0 Å². The van der Waals surface area contributed by atoms with E-state index < -0.39 is 5.91 Å².